The van der Waals surface area contributed by atoms with Crippen molar-refractivity contribution in [1.82, 2.24) is 14.5 Å². The molecule has 0 aliphatic carbocycles. The number of anilines is 2. The van der Waals surface area contributed by atoms with E-state index in [9.17, 15) is 9.18 Å². The lowest BCUT2D eigenvalue weighted by Gasteiger charge is -2.17. The quantitative estimate of drug-likeness (QED) is 0.758. The number of hydrogen-bond donors (Lipinski definition) is 2. The summed E-state index contributed by atoms with van der Waals surface area (Å²) in [5, 5.41) is 3.26. The van der Waals surface area contributed by atoms with Crippen LogP contribution < -0.4 is 11.1 Å². The third kappa shape index (κ3) is 2.38. The minimum Gasteiger partial charge on any atom is -0.397 e. The van der Waals surface area contributed by atoms with Crippen LogP contribution in [0.15, 0.2) is 30.6 Å². The standard InChI is InChI=1S/C17H16FN5O/c18-10-4-5-13-11(7-10)16(19)12(8-20-13)17(24)22-15-9-21-14-3-1-2-6-23(14)15/h4-5,7-9H,1-3,6H2,(H2,19,20)(H,22,24). The number of carbonyl (C=O) groups excluding carboxylic acids is 1. The van der Waals surface area contributed by atoms with E-state index in [0.29, 0.717) is 16.7 Å². The Morgan fingerprint density at radius 1 is 1.25 bits per heavy atom. The zero-order valence-corrected chi connectivity index (χ0v) is 12.9. The number of pyridine rings is 1. The molecule has 0 saturated heterocycles. The molecule has 3 aromatic rings. The summed E-state index contributed by atoms with van der Waals surface area (Å²) in [6.45, 7) is 0.835. The number of rotatable bonds is 2. The number of aryl methyl sites for hydroxylation is 1. The van der Waals surface area contributed by atoms with Crippen molar-refractivity contribution in [3.63, 3.8) is 0 Å². The van der Waals surface area contributed by atoms with Crippen LogP contribution in [-0.4, -0.2) is 20.4 Å². The van der Waals surface area contributed by atoms with Crippen LogP contribution >= 0.6 is 0 Å². The van der Waals surface area contributed by atoms with Crippen molar-refractivity contribution in [3.8, 4) is 0 Å². The number of nitrogens with two attached hydrogens (primary N) is 1. The van der Waals surface area contributed by atoms with Crippen LogP contribution in [0.2, 0.25) is 0 Å². The highest BCUT2D eigenvalue weighted by Gasteiger charge is 2.18. The number of halogens is 1. The Balaban J connectivity index is 1.68. The molecule has 0 unspecified atom stereocenters. The van der Waals surface area contributed by atoms with Crippen LogP contribution in [0.5, 0.6) is 0 Å². The number of fused-ring (bicyclic) bond motifs is 2. The second-order valence-electron chi connectivity index (χ2n) is 5.87. The van der Waals surface area contributed by atoms with Gasteiger partial charge in [0.25, 0.3) is 5.91 Å². The fourth-order valence-electron chi connectivity index (χ4n) is 3.07. The average molecular weight is 325 g/mol. The highest BCUT2D eigenvalue weighted by Crippen LogP contribution is 2.25. The smallest absolute Gasteiger partial charge is 0.260 e. The SMILES string of the molecule is Nc1c(C(=O)Nc2cnc3n2CCCC3)cnc2ccc(F)cc12. The molecule has 0 fully saturated rings. The van der Waals surface area contributed by atoms with Crippen LogP contribution in [0.3, 0.4) is 0 Å². The van der Waals surface area contributed by atoms with Crippen molar-refractivity contribution in [1.29, 1.82) is 0 Å². The summed E-state index contributed by atoms with van der Waals surface area (Å²) < 4.78 is 15.5. The Bertz CT molecular complexity index is 950. The first-order valence-electron chi connectivity index (χ1n) is 7.83. The van der Waals surface area contributed by atoms with Gasteiger partial charge in [-0.05, 0) is 31.0 Å². The fourth-order valence-corrected chi connectivity index (χ4v) is 3.07. The summed E-state index contributed by atoms with van der Waals surface area (Å²) in [6, 6.07) is 4.14. The first-order valence-corrected chi connectivity index (χ1v) is 7.83. The third-order valence-electron chi connectivity index (χ3n) is 4.33. The number of nitrogens with zero attached hydrogens (tertiary/aromatic N) is 3. The molecule has 3 heterocycles. The number of hydrogen-bond acceptors (Lipinski definition) is 4. The number of imidazole rings is 1. The minimum absolute atomic E-state index is 0.218. The van der Waals surface area contributed by atoms with E-state index in [2.05, 4.69) is 15.3 Å². The van der Waals surface area contributed by atoms with E-state index in [-0.39, 0.29) is 17.2 Å². The van der Waals surface area contributed by atoms with Gasteiger partial charge in [-0.15, -0.1) is 0 Å². The maximum absolute atomic E-state index is 13.4. The lowest BCUT2D eigenvalue weighted by Crippen LogP contribution is -2.19. The van der Waals surface area contributed by atoms with Gasteiger partial charge in [-0.2, -0.15) is 0 Å². The highest BCUT2D eigenvalue weighted by atomic mass is 19.1. The predicted octanol–water partition coefficient (Wildman–Crippen LogP) is 2.74. The Morgan fingerprint density at radius 3 is 3.00 bits per heavy atom. The van der Waals surface area contributed by atoms with Gasteiger partial charge in [-0.1, -0.05) is 0 Å². The maximum atomic E-state index is 13.4. The molecule has 0 saturated carbocycles. The number of benzene rings is 1. The van der Waals surface area contributed by atoms with Crippen LogP contribution in [-0.2, 0) is 13.0 Å². The zero-order valence-electron chi connectivity index (χ0n) is 12.9. The molecule has 0 spiro atoms. The first-order chi connectivity index (χ1) is 11.6. The summed E-state index contributed by atoms with van der Waals surface area (Å²) in [4.78, 5) is 21.1. The molecule has 6 nitrogen and oxygen atoms in total. The fraction of sp³-hybridized carbons (Fsp3) is 0.235. The Labute approximate surface area is 137 Å². The summed E-state index contributed by atoms with van der Waals surface area (Å²) in [6.07, 6.45) is 6.15. The molecule has 3 N–H and O–H groups in total. The van der Waals surface area contributed by atoms with Gasteiger partial charge in [-0.3, -0.25) is 9.78 Å². The van der Waals surface area contributed by atoms with Crippen molar-refractivity contribution >= 4 is 28.3 Å². The van der Waals surface area contributed by atoms with Crippen molar-refractivity contribution in [2.24, 2.45) is 0 Å². The molecular formula is C17H16FN5O. The normalized spacial score (nSPS) is 13.7. The van der Waals surface area contributed by atoms with Gasteiger partial charge in [0.15, 0.2) is 0 Å². The predicted molar refractivity (Wildman–Crippen MR) is 89.2 cm³/mol. The van der Waals surface area contributed by atoms with Crippen LogP contribution in [0, 0.1) is 5.82 Å². The molecule has 4 rings (SSSR count). The monoisotopic (exact) mass is 325 g/mol. The highest BCUT2D eigenvalue weighted by molar-refractivity contribution is 6.11. The van der Waals surface area contributed by atoms with Gasteiger partial charge in [0.1, 0.15) is 17.5 Å². The molecule has 2 aromatic heterocycles. The number of nitrogen functional groups attached to an aromatic ring is 1. The molecule has 0 bridgehead atoms. The van der Waals surface area contributed by atoms with Gasteiger partial charge in [0, 0.05) is 24.5 Å². The summed E-state index contributed by atoms with van der Waals surface area (Å²) in [7, 11) is 0. The molecule has 24 heavy (non-hydrogen) atoms. The van der Waals surface area contributed by atoms with Crippen molar-refractivity contribution < 1.29 is 9.18 Å². The average Bonchev–Trinajstić information content (AvgIpc) is 2.99. The van der Waals surface area contributed by atoms with Crippen molar-refractivity contribution in [3.05, 3.63) is 47.8 Å². The van der Waals surface area contributed by atoms with Crippen molar-refractivity contribution in [2.75, 3.05) is 11.1 Å². The van der Waals surface area contributed by atoms with E-state index < -0.39 is 5.82 Å². The summed E-state index contributed by atoms with van der Waals surface area (Å²) in [5.74, 6) is 0.828. The molecule has 1 aromatic carbocycles. The van der Waals surface area contributed by atoms with Gasteiger partial charge < -0.3 is 15.6 Å². The molecule has 1 aliphatic rings. The minimum atomic E-state index is -0.418. The van der Waals surface area contributed by atoms with E-state index >= 15 is 0 Å². The van der Waals surface area contributed by atoms with E-state index in [1.54, 1.807) is 6.20 Å². The molecule has 1 aliphatic heterocycles. The second kappa shape index (κ2) is 5.59. The molecule has 122 valence electrons. The van der Waals surface area contributed by atoms with Gasteiger partial charge in [0.2, 0.25) is 0 Å². The summed E-state index contributed by atoms with van der Waals surface area (Å²) in [5.41, 5.74) is 7.05. The second-order valence-corrected chi connectivity index (χ2v) is 5.87. The van der Waals surface area contributed by atoms with Gasteiger partial charge in [0.05, 0.1) is 23.0 Å². The number of carbonyl (C=O) groups is 1. The van der Waals surface area contributed by atoms with Crippen LogP contribution in [0.4, 0.5) is 15.9 Å². The van der Waals surface area contributed by atoms with E-state index in [1.807, 2.05) is 4.57 Å². The maximum Gasteiger partial charge on any atom is 0.260 e. The Kier molecular flexibility index (Phi) is 3.41. The number of amides is 1. The molecule has 0 radical (unpaired) electrons. The molecule has 7 heteroatoms. The van der Waals surface area contributed by atoms with Crippen LogP contribution in [0.1, 0.15) is 29.0 Å². The van der Waals surface area contributed by atoms with Gasteiger partial charge >= 0.3 is 0 Å². The lowest BCUT2D eigenvalue weighted by atomic mass is 10.1. The van der Waals surface area contributed by atoms with Crippen molar-refractivity contribution in [2.45, 2.75) is 25.8 Å². The number of aromatic nitrogens is 3. The lowest BCUT2D eigenvalue weighted by molar-refractivity contribution is 0.102. The molecular weight excluding hydrogens is 309 g/mol. The third-order valence-corrected chi connectivity index (χ3v) is 4.33. The van der Waals surface area contributed by atoms with Crippen LogP contribution in [0.25, 0.3) is 10.9 Å². The topological polar surface area (TPSA) is 85.8 Å². The number of nitrogens with one attached hydrogen (secondary N) is 1. The van der Waals surface area contributed by atoms with E-state index in [1.165, 1.54) is 24.4 Å². The molecule has 0 atom stereocenters. The van der Waals surface area contributed by atoms with E-state index in [4.69, 9.17) is 5.73 Å². The zero-order chi connectivity index (χ0) is 16.7. The van der Waals surface area contributed by atoms with E-state index in [0.717, 1.165) is 31.6 Å². The Hall–Kier alpha value is -2.96. The first kappa shape index (κ1) is 14.6. The Morgan fingerprint density at radius 2 is 2.12 bits per heavy atom. The van der Waals surface area contributed by atoms with Gasteiger partial charge in [-0.25, -0.2) is 9.37 Å². The summed E-state index contributed by atoms with van der Waals surface area (Å²) >= 11 is 0. The molecule has 1 amide bonds. The largest absolute Gasteiger partial charge is 0.397 e.